The van der Waals surface area contributed by atoms with Gasteiger partial charge in [-0.15, -0.1) is 0 Å². The molecule has 10 heteroatoms. The molecular formula is C33H29N7O3. The Morgan fingerprint density at radius 3 is 2.44 bits per heavy atom. The number of aromatic nitrogens is 3. The third-order valence-corrected chi connectivity index (χ3v) is 7.57. The molecule has 5 aromatic rings. The van der Waals surface area contributed by atoms with Gasteiger partial charge in [0.2, 0.25) is 0 Å². The summed E-state index contributed by atoms with van der Waals surface area (Å²) in [5, 5.41) is 8.47. The van der Waals surface area contributed by atoms with Gasteiger partial charge in [-0.2, -0.15) is 9.78 Å². The molecule has 1 N–H and O–H groups in total. The fraction of sp³-hybridized carbons (Fsp3) is 0.152. The maximum absolute atomic E-state index is 5.99. The molecule has 214 valence electrons. The first-order valence-corrected chi connectivity index (χ1v) is 13.8. The lowest BCUT2D eigenvalue weighted by Gasteiger charge is -2.41. The Balaban J connectivity index is 1.52. The summed E-state index contributed by atoms with van der Waals surface area (Å²) in [6, 6.07) is 27.0. The van der Waals surface area contributed by atoms with E-state index in [-0.39, 0.29) is 6.04 Å². The van der Waals surface area contributed by atoms with Crippen LogP contribution in [-0.4, -0.2) is 47.8 Å². The van der Waals surface area contributed by atoms with E-state index in [1.54, 1.807) is 32.2 Å². The molecule has 0 aliphatic carbocycles. The van der Waals surface area contributed by atoms with Gasteiger partial charge in [-0.1, -0.05) is 36.4 Å². The molecule has 7 rings (SSSR count). The normalized spacial score (nSPS) is 15.0. The van der Waals surface area contributed by atoms with E-state index in [9.17, 15) is 0 Å². The Hall–Kier alpha value is -5.64. The number of rotatable bonds is 6. The van der Waals surface area contributed by atoms with E-state index >= 15 is 0 Å². The third kappa shape index (κ3) is 4.35. The second kappa shape index (κ2) is 10.6. The Labute approximate surface area is 248 Å². The van der Waals surface area contributed by atoms with E-state index < -0.39 is 0 Å². The van der Waals surface area contributed by atoms with E-state index in [0.29, 0.717) is 34.8 Å². The van der Waals surface area contributed by atoms with Crippen LogP contribution in [0.25, 0.3) is 5.82 Å². The number of benzene rings is 3. The molecule has 0 saturated carbocycles. The predicted octanol–water partition coefficient (Wildman–Crippen LogP) is 6.40. The molecular weight excluding hydrogens is 542 g/mol. The molecule has 1 atom stereocenters. The molecule has 0 radical (unpaired) electrons. The minimum absolute atomic E-state index is 0.385. The third-order valence-electron chi connectivity index (χ3n) is 7.57. The number of nitrogens with one attached hydrogen (secondary N) is 1. The van der Waals surface area contributed by atoms with Crippen molar-refractivity contribution in [3.05, 3.63) is 108 Å². The van der Waals surface area contributed by atoms with Crippen molar-refractivity contribution in [2.75, 3.05) is 31.5 Å². The molecule has 0 spiro atoms. The highest BCUT2D eigenvalue weighted by Gasteiger charge is 2.43. The van der Waals surface area contributed by atoms with Crippen LogP contribution in [0.5, 0.6) is 17.2 Å². The van der Waals surface area contributed by atoms with Gasteiger partial charge in [0.25, 0.3) is 0 Å². The summed E-state index contributed by atoms with van der Waals surface area (Å²) in [4.78, 5) is 17.1. The molecule has 3 aromatic carbocycles. The lowest BCUT2D eigenvalue weighted by molar-refractivity contribution is 0.350. The first-order chi connectivity index (χ1) is 21.1. The van der Waals surface area contributed by atoms with Crippen molar-refractivity contribution in [1.29, 1.82) is 0 Å². The van der Waals surface area contributed by atoms with Crippen molar-refractivity contribution < 1.29 is 14.2 Å². The minimum Gasteiger partial charge on any atom is -0.497 e. The lowest BCUT2D eigenvalue weighted by atomic mass is 9.92. The molecule has 2 aliphatic heterocycles. The highest BCUT2D eigenvalue weighted by atomic mass is 16.5. The Morgan fingerprint density at radius 2 is 1.65 bits per heavy atom. The molecule has 43 heavy (non-hydrogen) atoms. The fourth-order valence-electron chi connectivity index (χ4n) is 5.70. The number of fused-ring (bicyclic) bond motifs is 4. The number of ether oxygens (including phenoxy) is 3. The van der Waals surface area contributed by atoms with Crippen LogP contribution in [0.1, 0.15) is 22.9 Å². The second-order valence-corrected chi connectivity index (χ2v) is 10.0. The number of nitrogens with zero attached hydrogens (tertiary/aromatic N) is 6. The van der Waals surface area contributed by atoms with Crippen molar-refractivity contribution in [1.82, 2.24) is 14.8 Å². The van der Waals surface area contributed by atoms with Crippen LogP contribution in [0.2, 0.25) is 0 Å². The first kappa shape index (κ1) is 26.3. The number of pyridine rings is 1. The summed E-state index contributed by atoms with van der Waals surface area (Å²) in [6.45, 7) is 2.00. The summed E-state index contributed by atoms with van der Waals surface area (Å²) in [6.07, 6.45) is 1.75. The topological polar surface area (TPSA) is 98.4 Å². The minimum atomic E-state index is -0.385. The van der Waals surface area contributed by atoms with Crippen molar-refractivity contribution in [2.24, 2.45) is 9.98 Å². The van der Waals surface area contributed by atoms with Gasteiger partial charge >= 0.3 is 0 Å². The van der Waals surface area contributed by atoms with Crippen LogP contribution in [0.4, 0.5) is 22.9 Å². The average molecular weight is 572 g/mol. The van der Waals surface area contributed by atoms with Gasteiger partial charge in [0, 0.05) is 29.1 Å². The highest BCUT2D eigenvalue weighted by Crippen LogP contribution is 2.51. The zero-order chi connectivity index (χ0) is 29.5. The van der Waals surface area contributed by atoms with Gasteiger partial charge in [0.05, 0.1) is 44.4 Å². The van der Waals surface area contributed by atoms with Crippen LogP contribution >= 0.6 is 0 Å². The van der Waals surface area contributed by atoms with E-state index in [2.05, 4.69) is 27.3 Å². The maximum Gasteiger partial charge on any atom is 0.179 e. The smallest absolute Gasteiger partial charge is 0.179 e. The zero-order valence-corrected chi connectivity index (χ0v) is 24.1. The quantitative estimate of drug-likeness (QED) is 0.252. The monoisotopic (exact) mass is 571 g/mol. The van der Waals surface area contributed by atoms with Crippen LogP contribution in [0.3, 0.4) is 0 Å². The largest absolute Gasteiger partial charge is 0.497 e. The Morgan fingerprint density at radius 1 is 0.814 bits per heavy atom. The molecule has 0 amide bonds. The van der Waals surface area contributed by atoms with Crippen LogP contribution < -0.4 is 24.4 Å². The van der Waals surface area contributed by atoms with Gasteiger partial charge in [0.1, 0.15) is 5.75 Å². The molecule has 4 heterocycles. The van der Waals surface area contributed by atoms with Gasteiger partial charge in [-0.25, -0.2) is 15.0 Å². The fourth-order valence-corrected chi connectivity index (χ4v) is 5.70. The molecule has 0 bridgehead atoms. The van der Waals surface area contributed by atoms with Crippen molar-refractivity contribution in [3.63, 3.8) is 0 Å². The van der Waals surface area contributed by atoms with E-state index in [4.69, 9.17) is 29.3 Å². The molecule has 1 unspecified atom stereocenters. The van der Waals surface area contributed by atoms with Crippen molar-refractivity contribution >= 4 is 34.6 Å². The SMILES string of the molecule is COc1cccc(NC2=Nc3ccccc3N3C2=Nc2c(c(C)nn2-c2ccccn2)C3c2cccc(OC)c2OC)c1. The number of aliphatic imine (C=N–C) groups is 2. The maximum atomic E-state index is 5.99. The van der Waals surface area contributed by atoms with Crippen LogP contribution in [0.15, 0.2) is 101 Å². The Bertz CT molecular complexity index is 1900. The van der Waals surface area contributed by atoms with Gasteiger partial charge in [0.15, 0.2) is 34.8 Å². The average Bonchev–Trinajstić information content (AvgIpc) is 3.39. The first-order valence-electron chi connectivity index (χ1n) is 13.8. The van der Waals surface area contributed by atoms with Crippen molar-refractivity contribution in [3.8, 4) is 23.1 Å². The standard InChI is InChI=1S/C33H29N7O3/c1-20-28-29(23-13-10-16-26(42-3)30(23)43-4)39-25-15-6-5-14-24(25)36-31(35-21-11-9-12-22(19-21)41-2)33(39)37-32(28)40(38-20)27-17-7-8-18-34-27/h5-19,29H,1-4H3,(H,35,36). The summed E-state index contributed by atoms with van der Waals surface area (Å²) < 4.78 is 19.0. The lowest BCUT2D eigenvalue weighted by Crippen LogP contribution is -2.46. The van der Waals surface area contributed by atoms with Crippen molar-refractivity contribution in [2.45, 2.75) is 13.0 Å². The van der Waals surface area contributed by atoms with E-state index in [1.165, 1.54) is 0 Å². The van der Waals surface area contributed by atoms with E-state index in [0.717, 1.165) is 39.6 Å². The highest BCUT2D eigenvalue weighted by molar-refractivity contribution is 6.51. The summed E-state index contributed by atoms with van der Waals surface area (Å²) >= 11 is 0. The summed E-state index contributed by atoms with van der Waals surface area (Å²) in [5.41, 5.74) is 5.17. The van der Waals surface area contributed by atoms with E-state index in [1.807, 2.05) is 79.7 Å². The molecule has 2 aliphatic rings. The molecule has 0 saturated heterocycles. The number of aryl methyl sites for hydroxylation is 1. The van der Waals surface area contributed by atoms with Crippen LogP contribution in [-0.2, 0) is 0 Å². The van der Waals surface area contributed by atoms with Gasteiger partial charge < -0.3 is 24.4 Å². The molecule has 10 nitrogen and oxygen atoms in total. The van der Waals surface area contributed by atoms with Gasteiger partial charge in [-0.3, -0.25) is 0 Å². The van der Waals surface area contributed by atoms with Gasteiger partial charge in [-0.05, 0) is 49.4 Å². The number of hydrogen-bond donors (Lipinski definition) is 1. The zero-order valence-electron chi connectivity index (χ0n) is 24.1. The summed E-state index contributed by atoms with van der Waals surface area (Å²) in [5.74, 6) is 4.53. The molecule has 0 fully saturated rings. The number of para-hydroxylation sites is 3. The number of methoxy groups -OCH3 is 3. The Kier molecular flexibility index (Phi) is 6.50. The second-order valence-electron chi connectivity index (χ2n) is 10.0. The number of hydrogen-bond acceptors (Lipinski definition) is 9. The number of amidine groups is 2. The predicted molar refractivity (Wildman–Crippen MR) is 167 cm³/mol. The molecule has 2 aromatic heterocycles. The van der Waals surface area contributed by atoms with Crippen LogP contribution in [0, 0.1) is 6.92 Å². The summed E-state index contributed by atoms with van der Waals surface area (Å²) in [7, 11) is 4.95. The number of anilines is 2.